The predicted octanol–water partition coefficient (Wildman–Crippen LogP) is 2.04. The molecule has 1 aromatic heterocycles. The maximum Gasteiger partial charge on any atom is 0.240 e. The van der Waals surface area contributed by atoms with Crippen molar-refractivity contribution in [2.45, 2.75) is 11.4 Å². The third-order valence-corrected chi connectivity index (χ3v) is 4.45. The van der Waals surface area contributed by atoms with Crippen molar-refractivity contribution in [3.8, 4) is 0 Å². The maximum atomic E-state index is 12.2. The minimum atomic E-state index is -3.52. The van der Waals surface area contributed by atoms with Gasteiger partial charge in [0, 0.05) is 18.3 Å². The average molecular weight is 287 g/mol. The Labute approximate surface area is 116 Å². The first-order valence-electron chi connectivity index (χ1n) is 6.11. The van der Waals surface area contributed by atoms with Crippen LogP contribution in [0.1, 0.15) is 5.56 Å². The molecule has 0 fully saturated rings. The normalized spacial score (nSPS) is 11.8. The van der Waals surface area contributed by atoms with E-state index in [-0.39, 0.29) is 11.4 Å². The summed E-state index contributed by atoms with van der Waals surface area (Å²) in [5.41, 5.74) is 0.786. The minimum Gasteiger partial charge on any atom is -0.285 e. The number of nitrogens with zero attached hydrogens (tertiary/aromatic N) is 1. The number of nitrogens with one attached hydrogen (secondary N) is 2. The Kier molecular flexibility index (Phi) is 3.25. The fourth-order valence-corrected chi connectivity index (χ4v) is 3.02. The van der Waals surface area contributed by atoms with Gasteiger partial charge in [-0.3, -0.25) is 5.10 Å². The molecule has 0 amide bonds. The lowest BCUT2D eigenvalue weighted by molar-refractivity contribution is 0.581. The number of H-pyrrole nitrogens is 1. The monoisotopic (exact) mass is 287 g/mol. The van der Waals surface area contributed by atoms with E-state index in [0.29, 0.717) is 0 Å². The molecule has 1 heterocycles. The van der Waals surface area contributed by atoms with E-state index in [1.807, 2.05) is 30.3 Å². The van der Waals surface area contributed by atoms with Gasteiger partial charge in [-0.2, -0.15) is 5.10 Å². The van der Waals surface area contributed by atoms with Crippen molar-refractivity contribution in [2.24, 2.45) is 0 Å². The first-order chi connectivity index (χ1) is 9.65. The Morgan fingerprint density at radius 1 is 1.10 bits per heavy atom. The largest absolute Gasteiger partial charge is 0.285 e. The summed E-state index contributed by atoms with van der Waals surface area (Å²) in [7, 11) is -3.52. The maximum absolute atomic E-state index is 12.2. The van der Waals surface area contributed by atoms with E-state index >= 15 is 0 Å². The highest BCUT2D eigenvalue weighted by atomic mass is 32.2. The molecule has 0 aliphatic heterocycles. The molecule has 0 radical (unpaired) electrons. The molecule has 6 heteroatoms. The summed E-state index contributed by atoms with van der Waals surface area (Å²) in [6.45, 7) is 0.214. The highest BCUT2D eigenvalue weighted by molar-refractivity contribution is 7.89. The molecule has 0 aliphatic carbocycles. The SMILES string of the molecule is O=S(=O)(NCc1cn[nH]c1)c1ccc2ccccc2c1. The first kappa shape index (κ1) is 12.8. The number of fused-ring (bicyclic) bond motifs is 1. The molecule has 3 aromatic rings. The van der Waals surface area contributed by atoms with Crippen LogP contribution in [-0.4, -0.2) is 18.6 Å². The molecule has 0 atom stereocenters. The number of hydrogen-bond acceptors (Lipinski definition) is 3. The lowest BCUT2D eigenvalue weighted by Gasteiger charge is -2.06. The van der Waals surface area contributed by atoms with E-state index in [4.69, 9.17) is 0 Å². The topological polar surface area (TPSA) is 74.8 Å². The van der Waals surface area contributed by atoms with Gasteiger partial charge in [0.15, 0.2) is 0 Å². The van der Waals surface area contributed by atoms with Crippen LogP contribution in [0.15, 0.2) is 59.8 Å². The molecular weight excluding hydrogens is 274 g/mol. The Hall–Kier alpha value is -2.18. The van der Waals surface area contributed by atoms with E-state index < -0.39 is 10.0 Å². The van der Waals surface area contributed by atoms with Gasteiger partial charge in [0.1, 0.15) is 0 Å². The summed E-state index contributed by atoms with van der Waals surface area (Å²) in [6.07, 6.45) is 3.24. The molecular formula is C14H13N3O2S. The summed E-state index contributed by atoms with van der Waals surface area (Å²) < 4.78 is 27.0. The van der Waals surface area contributed by atoms with Gasteiger partial charge < -0.3 is 0 Å². The van der Waals surface area contributed by atoms with E-state index in [1.54, 1.807) is 24.5 Å². The van der Waals surface area contributed by atoms with Gasteiger partial charge in [-0.1, -0.05) is 30.3 Å². The molecule has 0 spiro atoms. The van der Waals surface area contributed by atoms with Gasteiger partial charge in [0.05, 0.1) is 11.1 Å². The fourth-order valence-electron chi connectivity index (χ4n) is 1.97. The second-order valence-corrected chi connectivity index (χ2v) is 6.21. The number of rotatable bonds is 4. The van der Waals surface area contributed by atoms with Crippen molar-refractivity contribution in [3.63, 3.8) is 0 Å². The van der Waals surface area contributed by atoms with Crippen molar-refractivity contribution < 1.29 is 8.42 Å². The summed E-state index contributed by atoms with van der Waals surface area (Å²) in [4.78, 5) is 0.264. The van der Waals surface area contributed by atoms with Crippen molar-refractivity contribution >= 4 is 20.8 Å². The molecule has 0 saturated heterocycles. The average Bonchev–Trinajstić information content (AvgIpc) is 2.98. The van der Waals surface area contributed by atoms with Crippen molar-refractivity contribution in [1.82, 2.24) is 14.9 Å². The van der Waals surface area contributed by atoms with Crippen molar-refractivity contribution in [3.05, 3.63) is 60.4 Å². The van der Waals surface area contributed by atoms with Crippen LogP contribution in [0.2, 0.25) is 0 Å². The second kappa shape index (κ2) is 5.07. The van der Waals surface area contributed by atoms with Gasteiger partial charge in [-0.15, -0.1) is 0 Å². The Morgan fingerprint density at radius 3 is 2.65 bits per heavy atom. The third kappa shape index (κ3) is 2.56. The fraction of sp³-hybridized carbons (Fsp3) is 0.0714. The van der Waals surface area contributed by atoms with E-state index in [0.717, 1.165) is 16.3 Å². The van der Waals surface area contributed by atoms with Crippen LogP contribution >= 0.6 is 0 Å². The molecule has 20 heavy (non-hydrogen) atoms. The van der Waals surface area contributed by atoms with E-state index in [1.165, 1.54) is 0 Å². The van der Waals surface area contributed by atoms with Crippen LogP contribution in [0.25, 0.3) is 10.8 Å². The number of sulfonamides is 1. The summed E-state index contributed by atoms with van der Waals surface area (Å²) in [5, 5.41) is 8.34. The molecule has 2 N–H and O–H groups in total. The van der Waals surface area contributed by atoms with Crippen LogP contribution in [0, 0.1) is 0 Å². The zero-order valence-corrected chi connectivity index (χ0v) is 11.4. The molecule has 0 saturated carbocycles. The Bertz CT molecular complexity index is 827. The molecule has 0 aliphatic rings. The predicted molar refractivity (Wildman–Crippen MR) is 76.6 cm³/mol. The second-order valence-electron chi connectivity index (χ2n) is 4.44. The Balaban J connectivity index is 1.88. The van der Waals surface area contributed by atoms with Crippen LogP contribution in [-0.2, 0) is 16.6 Å². The van der Waals surface area contributed by atoms with Gasteiger partial charge in [-0.25, -0.2) is 13.1 Å². The highest BCUT2D eigenvalue weighted by Crippen LogP contribution is 2.18. The number of hydrogen-bond donors (Lipinski definition) is 2. The Morgan fingerprint density at radius 2 is 1.90 bits per heavy atom. The van der Waals surface area contributed by atoms with Crippen LogP contribution in [0.5, 0.6) is 0 Å². The molecule has 2 aromatic carbocycles. The third-order valence-electron chi connectivity index (χ3n) is 3.05. The van der Waals surface area contributed by atoms with Gasteiger partial charge in [0.2, 0.25) is 10.0 Å². The number of aromatic nitrogens is 2. The number of aromatic amines is 1. The van der Waals surface area contributed by atoms with Crippen molar-refractivity contribution in [2.75, 3.05) is 0 Å². The summed E-state index contributed by atoms with van der Waals surface area (Å²) in [5.74, 6) is 0. The van der Waals surface area contributed by atoms with Gasteiger partial charge >= 0.3 is 0 Å². The smallest absolute Gasteiger partial charge is 0.240 e. The lowest BCUT2D eigenvalue weighted by atomic mass is 10.1. The lowest BCUT2D eigenvalue weighted by Crippen LogP contribution is -2.22. The zero-order chi connectivity index (χ0) is 14.0. The van der Waals surface area contributed by atoms with Crippen LogP contribution in [0.4, 0.5) is 0 Å². The van der Waals surface area contributed by atoms with Crippen LogP contribution in [0.3, 0.4) is 0 Å². The molecule has 3 rings (SSSR count). The minimum absolute atomic E-state index is 0.214. The van der Waals surface area contributed by atoms with E-state index in [2.05, 4.69) is 14.9 Å². The summed E-state index contributed by atoms with van der Waals surface area (Å²) in [6, 6.07) is 12.7. The molecule has 0 unspecified atom stereocenters. The molecule has 0 bridgehead atoms. The van der Waals surface area contributed by atoms with Crippen LogP contribution < -0.4 is 4.72 Å². The van der Waals surface area contributed by atoms with Gasteiger partial charge in [-0.05, 0) is 22.9 Å². The van der Waals surface area contributed by atoms with Crippen molar-refractivity contribution in [1.29, 1.82) is 0 Å². The van der Waals surface area contributed by atoms with E-state index in [9.17, 15) is 8.42 Å². The first-order valence-corrected chi connectivity index (χ1v) is 7.60. The zero-order valence-electron chi connectivity index (χ0n) is 10.6. The quantitative estimate of drug-likeness (QED) is 0.771. The van der Waals surface area contributed by atoms with Gasteiger partial charge in [0.25, 0.3) is 0 Å². The molecule has 102 valence electrons. The number of benzene rings is 2. The highest BCUT2D eigenvalue weighted by Gasteiger charge is 2.14. The standard InChI is InChI=1S/C14H13N3O2S/c18-20(19,17-10-11-8-15-16-9-11)14-6-5-12-3-1-2-4-13(12)7-14/h1-9,17H,10H2,(H,15,16). The summed E-state index contributed by atoms with van der Waals surface area (Å²) >= 11 is 0. The molecule has 5 nitrogen and oxygen atoms in total.